The van der Waals surface area contributed by atoms with E-state index in [2.05, 4.69) is 22.2 Å². The normalized spacial score (nSPS) is 28.5. The van der Waals surface area contributed by atoms with Crippen LogP contribution in [0.15, 0.2) is 0 Å². The fourth-order valence-corrected chi connectivity index (χ4v) is 4.27. The number of hydrogen-bond acceptors (Lipinski definition) is 3. The van der Waals surface area contributed by atoms with Gasteiger partial charge >= 0.3 is 0 Å². The highest BCUT2D eigenvalue weighted by Crippen LogP contribution is 2.31. The van der Waals surface area contributed by atoms with Gasteiger partial charge in [0, 0.05) is 31.7 Å². The number of fused-ring (bicyclic) bond motifs is 2. The largest absolute Gasteiger partial charge is 0.311 e. The van der Waals surface area contributed by atoms with Crippen LogP contribution in [-0.4, -0.2) is 39.4 Å². The highest BCUT2D eigenvalue weighted by Gasteiger charge is 2.36. The van der Waals surface area contributed by atoms with Crippen molar-refractivity contribution < 1.29 is 0 Å². The zero-order chi connectivity index (χ0) is 15.0. The van der Waals surface area contributed by atoms with E-state index in [1.54, 1.807) is 0 Å². The zero-order valence-corrected chi connectivity index (χ0v) is 14.2. The lowest BCUT2D eigenvalue weighted by Crippen LogP contribution is -2.48. The number of hydrogen-bond donors (Lipinski definition) is 1. The van der Waals surface area contributed by atoms with Crippen molar-refractivity contribution in [1.82, 2.24) is 20.0 Å². The van der Waals surface area contributed by atoms with Crippen molar-refractivity contribution in [3.05, 3.63) is 16.4 Å². The van der Waals surface area contributed by atoms with Crippen molar-refractivity contribution in [2.75, 3.05) is 6.54 Å². The Morgan fingerprint density at radius 2 is 2.00 bits per heavy atom. The molecule has 1 N–H and O–H groups in total. The quantitative estimate of drug-likeness (QED) is 0.908. The van der Waals surface area contributed by atoms with E-state index in [4.69, 9.17) is 11.6 Å². The van der Waals surface area contributed by atoms with Gasteiger partial charge in [-0.1, -0.05) is 18.5 Å². The predicted octanol–water partition coefficient (Wildman–Crippen LogP) is 2.88. The number of piperidine rings is 1. The third-order valence-corrected chi connectivity index (χ3v) is 5.58. The van der Waals surface area contributed by atoms with Crippen LogP contribution in [0.1, 0.15) is 50.4 Å². The second kappa shape index (κ2) is 6.27. The van der Waals surface area contributed by atoms with Gasteiger partial charge < -0.3 is 5.32 Å². The summed E-state index contributed by atoms with van der Waals surface area (Å²) in [6.07, 6.45) is 6.46. The smallest absolute Gasteiger partial charge is 0.0860 e. The number of aryl methyl sites for hydroxylation is 2. The van der Waals surface area contributed by atoms with E-state index in [1.165, 1.54) is 32.1 Å². The van der Waals surface area contributed by atoms with E-state index in [1.807, 2.05) is 18.7 Å². The van der Waals surface area contributed by atoms with Gasteiger partial charge in [0.05, 0.1) is 16.4 Å². The van der Waals surface area contributed by atoms with E-state index in [0.717, 1.165) is 41.6 Å². The van der Waals surface area contributed by atoms with Crippen LogP contribution in [-0.2, 0) is 13.6 Å². The van der Waals surface area contributed by atoms with Crippen molar-refractivity contribution in [3.63, 3.8) is 0 Å². The summed E-state index contributed by atoms with van der Waals surface area (Å²) in [5.41, 5.74) is 2.10. The molecule has 0 aliphatic carbocycles. The highest BCUT2D eigenvalue weighted by molar-refractivity contribution is 6.31. The summed E-state index contributed by atoms with van der Waals surface area (Å²) in [7, 11) is 2.00. The topological polar surface area (TPSA) is 33.1 Å². The molecule has 1 aromatic rings. The molecule has 0 aromatic carbocycles. The van der Waals surface area contributed by atoms with Crippen molar-refractivity contribution in [2.45, 2.75) is 70.6 Å². The maximum absolute atomic E-state index is 6.44. The third-order valence-electron chi connectivity index (χ3n) is 5.09. The van der Waals surface area contributed by atoms with Crippen LogP contribution in [0, 0.1) is 6.92 Å². The molecule has 2 bridgehead atoms. The van der Waals surface area contributed by atoms with Gasteiger partial charge in [-0.15, -0.1) is 0 Å². The molecule has 0 radical (unpaired) electrons. The van der Waals surface area contributed by atoms with Crippen LogP contribution in [0.2, 0.25) is 5.02 Å². The maximum atomic E-state index is 6.44. The molecule has 5 heteroatoms. The molecule has 2 fully saturated rings. The standard InChI is InChI=1S/C16H27ClN4/c1-4-7-21(10-15-16(17)11(2)19-20(15)3)14-8-12-5-6-13(9-14)18-12/h12-14,18H,4-10H2,1-3H3. The van der Waals surface area contributed by atoms with Gasteiger partial charge in [0.1, 0.15) is 0 Å². The minimum atomic E-state index is 0.690. The number of aromatic nitrogens is 2. The van der Waals surface area contributed by atoms with Gasteiger partial charge in [-0.25, -0.2) is 0 Å². The molecule has 0 amide bonds. The molecule has 0 spiro atoms. The van der Waals surface area contributed by atoms with E-state index >= 15 is 0 Å². The molecule has 118 valence electrons. The molecule has 4 nitrogen and oxygen atoms in total. The second-order valence-corrected chi connectivity index (χ2v) is 7.08. The number of nitrogens with one attached hydrogen (secondary N) is 1. The number of halogens is 1. The molecule has 3 rings (SSSR count). The Kier molecular flexibility index (Phi) is 4.57. The first kappa shape index (κ1) is 15.3. The van der Waals surface area contributed by atoms with Crippen molar-refractivity contribution >= 4 is 11.6 Å². The SMILES string of the molecule is CCCN(Cc1c(Cl)c(C)nn1C)C1CC2CCC(C1)N2. The molecule has 3 heterocycles. The molecular formula is C16H27ClN4. The summed E-state index contributed by atoms with van der Waals surface area (Å²) in [4.78, 5) is 2.63. The summed E-state index contributed by atoms with van der Waals surface area (Å²) in [5, 5.41) is 9.04. The average molecular weight is 311 g/mol. The minimum Gasteiger partial charge on any atom is -0.311 e. The van der Waals surface area contributed by atoms with Crippen molar-refractivity contribution in [3.8, 4) is 0 Å². The lowest BCUT2D eigenvalue weighted by atomic mass is 9.97. The van der Waals surface area contributed by atoms with Gasteiger partial charge in [0.2, 0.25) is 0 Å². The molecular weight excluding hydrogens is 284 g/mol. The van der Waals surface area contributed by atoms with Crippen LogP contribution < -0.4 is 5.32 Å². The summed E-state index contributed by atoms with van der Waals surface area (Å²) < 4.78 is 1.95. The van der Waals surface area contributed by atoms with Crippen molar-refractivity contribution in [2.24, 2.45) is 7.05 Å². The molecule has 2 aliphatic heterocycles. The van der Waals surface area contributed by atoms with Crippen LogP contribution in [0.25, 0.3) is 0 Å². The Labute approximate surface area is 132 Å². The van der Waals surface area contributed by atoms with Crippen molar-refractivity contribution in [1.29, 1.82) is 0 Å². The first-order valence-corrected chi connectivity index (χ1v) is 8.64. The molecule has 1 aromatic heterocycles. The highest BCUT2D eigenvalue weighted by atomic mass is 35.5. The summed E-state index contributed by atoms with van der Waals surface area (Å²) in [6, 6.07) is 2.16. The Bertz CT molecular complexity index is 487. The van der Waals surface area contributed by atoms with Crippen LogP contribution in [0.4, 0.5) is 0 Å². The molecule has 2 saturated heterocycles. The predicted molar refractivity (Wildman–Crippen MR) is 86.6 cm³/mol. The fourth-order valence-electron chi connectivity index (χ4n) is 4.05. The average Bonchev–Trinajstić information content (AvgIpc) is 2.91. The van der Waals surface area contributed by atoms with E-state index in [9.17, 15) is 0 Å². The maximum Gasteiger partial charge on any atom is 0.0860 e. The molecule has 2 aliphatic rings. The van der Waals surface area contributed by atoms with Crippen LogP contribution >= 0.6 is 11.6 Å². The van der Waals surface area contributed by atoms with Crippen LogP contribution in [0.5, 0.6) is 0 Å². The van der Waals surface area contributed by atoms with Gasteiger partial charge in [0.25, 0.3) is 0 Å². The van der Waals surface area contributed by atoms with Gasteiger partial charge in [0.15, 0.2) is 0 Å². The monoisotopic (exact) mass is 310 g/mol. The molecule has 0 saturated carbocycles. The Balaban J connectivity index is 1.75. The summed E-state index contributed by atoms with van der Waals surface area (Å²) in [5.74, 6) is 0. The van der Waals surface area contributed by atoms with E-state index < -0.39 is 0 Å². The van der Waals surface area contributed by atoms with Gasteiger partial charge in [-0.2, -0.15) is 5.10 Å². The minimum absolute atomic E-state index is 0.690. The van der Waals surface area contributed by atoms with Gasteiger partial charge in [-0.3, -0.25) is 9.58 Å². The van der Waals surface area contributed by atoms with Crippen LogP contribution in [0.3, 0.4) is 0 Å². The first-order valence-electron chi connectivity index (χ1n) is 8.26. The fraction of sp³-hybridized carbons (Fsp3) is 0.812. The summed E-state index contributed by atoms with van der Waals surface area (Å²) in [6.45, 7) is 6.32. The van der Waals surface area contributed by atoms with E-state index in [-0.39, 0.29) is 0 Å². The molecule has 2 atom stereocenters. The molecule has 21 heavy (non-hydrogen) atoms. The third kappa shape index (κ3) is 3.13. The number of nitrogens with zero attached hydrogens (tertiary/aromatic N) is 3. The Morgan fingerprint density at radius 3 is 2.52 bits per heavy atom. The van der Waals surface area contributed by atoms with Gasteiger partial charge in [-0.05, 0) is 45.6 Å². The molecule has 2 unspecified atom stereocenters. The van der Waals surface area contributed by atoms with E-state index in [0.29, 0.717) is 6.04 Å². The lowest BCUT2D eigenvalue weighted by molar-refractivity contribution is 0.131. The summed E-state index contributed by atoms with van der Waals surface area (Å²) >= 11 is 6.44. The Morgan fingerprint density at radius 1 is 1.33 bits per heavy atom. The first-order chi connectivity index (χ1) is 10.1. The lowest BCUT2D eigenvalue weighted by Gasteiger charge is -2.37. The zero-order valence-electron chi connectivity index (χ0n) is 13.4. The Hall–Kier alpha value is -0.580. The number of rotatable bonds is 5. The second-order valence-electron chi connectivity index (χ2n) is 6.70.